The van der Waals surface area contributed by atoms with Crippen molar-refractivity contribution in [2.45, 2.75) is 13.5 Å². The second kappa shape index (κ2) is 4.45. The maximum atomic E-state index is 11.2. The number of nitrogen functional groups attached to an aromatic ring is 1. The minimum Gasteiger partial charge on any atom is -0.394 e. The smallest absolute Gasteiger partial charge is 0.239 e. The highest BCUT2D eigenvalue weighted by atomic mass is 16.2. The number of nitrogens with two attached hydrogens (primary N) is 1. The van der Waals surface area contributed by atoms with Gasteiger partial charge in [0.2, 0.25) is 11.3 Å². The Hall–Kier alpha value is -1.78. The van der Waals surface area contributed by atoms with Crippen molar-refractivity contribution in [3.05, 3.63) is 28.7 Å². The third-order valence-corrected chi connectivity index (χ3v) is 1.71. The van der Waals surface area contributed by atoms with Gasteiger partial charge in [-0.3, -0.25) is 9.59 Å². The van der Waals surface area contributed by atoms with Crippen LogP contribution < -0.4 is 16.5 Å². The van der Waals surface area contributed by atoms with E-state index >= 15 is 0 Å². The first-order valence-electron chi connectivity index (χ1n) is 4.35. The van der Waals surface area contributed by atoms with E-state index in [1.165, 1.54) is 18.5 Å². The maximum absolute atomic E-state index is 11.2. The summed E-state index contributed by atoms with van der Waals surface area (Å²) >= 11 is 0. The number of pyridine rings is 1. The highest BCUT2D eigenvalue weighted by Crippen LogP contribution is 1.92. The summed E-state index contributed by atoms with van der Waals surface area (Å²) in [6.45, 7) is 2.62. The van der Waals surface area contributed by atoms with Crippen LogP contribution in [0.25, 0.3) is 0 Å². The van der Waals surface area contributed by atoms with Crippen molar-refractivity contribution in [1.82, 2.24) is 9.88 Å². The Morgan fingerprint density at radius 3 is 2.93 bits per heavy atom. The van der Waals surface area contributed by atoms with Crippen molar-refractivity contribution in [3.8, 4) is 0 Å². The zero-order valence-electron chi connectivity index (χ0n) is 7.99. The van der Waals surface area contributed by atoms with Crippen LogP contribution in [0.15, 0.2) is 23.3 Å². The number of nitrogens with one attached hydrogen (secondary N) is 1. The maximum Gasteiger partial charge on any atom is 0.239 e. The molecule has 0 aliphatic heterocycles. The van der Waals surface area contributed by atoms with Crippen molar-refractivity contribution in [2.24, 2.45) is 0 Å². The van der Waals surface area contributed by atoms with E-state index in [1.807, 2.05) is 6.92 Å². The molecule has 0 fully saturated rings. The Bertz CT molecular complexity index is 384. The molecule has 3 N–H and O–H groups in total. The average Bonchev–Trinajstić information content (AvgIpc) is 2.12. The first-order chi connectivity index (χ1) is 6.63. The Morgan fingerprint density at radius 2 is 2.36 bits per heavy atom. The normalized spacial score (nSPS) is 9.79. The summed E-state index contributed by atoms with van der Waals surface area (Å²) in [6, 6.07) is 1.34. The molecule has 0 radical (unpaired) electrons. The molecule has 0 atom stereocenters. The van der Waals surface area contributed by atoms with Gasteiger partial charge in [-0.2, -0.15) is 0 Å². The van der Waals surface area contributed by atoms with E-state index in [9.17, 15) is 9.59 Å². The monoisotopic (exact) mass is 195 g/mol. The molecule has 0 unspecified atom stereocenters. The summed E-state index contributed by atoms with van der Waals surface area (Å²) < 4.78 is 1.57. The van der Waals surface area contributed by atoms with Crippen LogP contribution in [0, 0.1) is 0 Å². The molecule has 0 bridgehead atoms. The number of carbonyl (C=O) groups is 1. The van der Waals surface area contributed by atoms with Gasteiger partial charge in [0, 0.05) is 25.0 Å². The Balaban J connectivity index is 2.73. The number of amides is 1. The third kappa shape index (κ3) is 2.62. The molecule has 14 heavy (non-hydrogen) atoms. The molecule has 1 aromatic heterocycles. The van der Waals surface area contributed by atoms with Gasteiger partial charge in [-0.15, -0.1) is 0 Å². The highest BCUT2D eigenvalue weighted by Gasteiger charge is 2.00. The van der Waals surface area contributed by atoms with Crippen molar-refractivity contribution < 1.29 is 4.79 Å². The molecule has 1 amide bonds. The van der Waals surface area contributed by atoms with E-state index in [1.54, 1.807) is 4.57 Å². The fraction of sp³-hybridized carbons (Fsp3) is 0.333. The summed E-state index contributed by atoms with van der Waals surface area (Å²) in [6.07, 6.45) is 2.99. The number of rotatable bonds is 3. The van der Waals surface area contributed by atoms with Crippen LogP contribution >= 0.6 is 0 Å². The van der Waals surface area contributed by atoms with Crippen LogP contribution in [0.5, 0.6) is 0 Å². The molecule has 0 spiro atoms. The van der Waals surface area contributed by atoms with Gasteiger partial charge in [0.05, 0.1) is 5.69 Å². The predicted octanol–water partition coefficient (Wildman–Crippen LogP) is -0.433. The van der Waals surface area contributed by atoms with Gasteiger partial charge in [-0.1, -0.05) is 0 Å². The summed E-state index contributed by atoms with van der Waals surface area (Å²) in [4.78, 5) is 22.1. The lowest BCUT2D eigenvalue weighted by Gasteiger charge is -2.06. The zero-order chi connectivity index (χ0) is 10.6. The molecule has 0 aliphatic rings. The number of likely N-dealkylation sites (N-methyl/N-ethyl adjacent to an activating group) is 1. The topological polar surface area (TPSA) is 77.1 Å². The van der Waals surface area contributed by atoms with E-state index in [0.29, 0.717) is 6.54 Å². The van der Waals surface area contributed by atoms with Gasteiger partial charge in [0.25, 0.3) is 0 Å². The fourth-order valence-electron chi connectivity index (χ4n) is 1.06. The average molecular weight is 195 g/mol. The lowest BCUT2D eigenvalue weighted by Crippen LogP contribution is -2.27. The molecule has 5 nitrogen and oxygen atoms in total. The summed E-state index contributed by atoms with van der Waals surface area (Å²) in [7, 11) is 0. The van der Waals surface area contributed by atoms with Crippen LogP contribution in [0.3, 0.4) is 0 Å². The van der Waals surface area contributed by atoms with Crippen LogP contribution in [0.1, 0.15) is 6.92 Å². The highest BCUT2D eigenvalue weighted by molar-refractivity contribution is 5.75. The van der Waals surface area contributed by atoms with Gasteiger partial charge in [0.15, 0.2) is 0 Å². The van der Waals surface area contributed by atoms with Crippen molar-refractivity contribution in [1.29, 1.82) is 0 Å². The number of hydrogen-bond donors (Lipinski definition) is 2. The molecular formula is C9H13N3O2. The summed E-state index contributed by atoms with van der Waals surface area (Å²) in [5, 5.41) is 2.65. The molecule has 1 heterocycles. The predicted molar refractivity (Wildman–Crippen MR) is 53.8 cm³/mol. The first kappa shape index (κ1) is 10.3. The molecule has 0 saturated heterocycles. The first-order valence-corrected chi connectivity index (χ1v) is 4.35. The molecule has 0 saturated carbocycles. The van der Waals surface area contributed by atoms with E-state index < -0.39 is 0 Å². The van der Waals surface area contributed by atoms with Crippen LogP contribution in [0.4, 0.5) is 5.69 Å². The van der Waals surface area contributed by atoms with Crippen LogP contribution in [-0.4, -0.2) is 17.0 Å². The number of carbonyl (C=O) groups excluding carboxylic acids is 1. The van der Waals surface area contributed by atoms with E-state index in [4.69, 9.17) is 5.73 Å². The van der Waals surface area contributed by atoms with Gasteiger partial charge in [-0.05, 0) is 6.92 Å². The summed E-state index contributed by atoms with van der Waals surface area (Å²) in [5.41, 5.74) is 5.33. The minimum atomic E-state index is -0.225. The fourth-order valence-corrected chi connectivity index (χ4v) is 1.06. The van der Waals surface area contributed by atoms with Crippen molar-refractivity contribution >= 4 is 11.6 Å². The number of aromatic nitrogens is 1. The Labute approximate surface area is 81.5 Å². The SMILES string of the molecule is CCNC(=O)Cn1ccc(=O)c(N)c1. The second-order valence-electron chi connectivity index (χ2n) is 2.89. The summed E-state index contributed by atoms with van der Waals surface area (Å²) in [5.74, 6) is -0.101. The minimum absolute atomic E-state index is 0.101. The number of nitrogens with zero attached hydrogens (tertiary/aromatic N) is 1. The molecule has 0 aromatic carbocycles. The molecular weight excluding hydrogens is 182 g/mol. The molecule has 1 aromatic rings. The van der Waals surface area contributed by atoms with E-state index in [0.717, 1.165) is 0 Å². The largest absolute Gasteiger partial charge is 0.394 e. The lowest BCUT2D eigenvalue weighted by atomic mass is 10.4. The number of hydrogen-bond acceptors (Lipinski definition) is 3. The van der Waals surface area contributed by atoms with Gasteiger partial charge >= 0.3 is 0 Å². The second-order valence-corrected chi connectivity index (χ2v) is 2.89. The zero-order valence-corrected chi connectivity index (χ0v) is 7.99. The van der Waals surface area contributed by atoms with Crippen molar-refractivity contribution in [3.63, 3.8) is 0 Å². The lowest BCUT2D eigenvalue weighted by molar-refractivity contribution is -0.121. The Morgan fingerprint density at radius 1 is 1.64 bits per heavy atom. The van der Waals surface area contributed by atoms with Crippen LogP contribution in [-0.2, 0) is 11.3 Å². The molecule has 1 rings (SSSR count). The standard InChI is InChI=1S/C9H13N3O2/c1-2-11-9(14)6-12-4-3-8(13)7(10)5-12/h3-5H,2,6,10H2,1H3,(H,11,14). The van der Waals surface area contributed by atoms with Gasteiger partial charge in [-0.25, -0.2) is 0 Å². The van der Waals surface area contributed by atoms with E-state index in [-0.39, 0.29) is 23.6 Å². The quantitative estimate of drug-likeness (QED) is 0.686. The third-order valence-electron chi connectivity index (χ3n) is 1.71. The molecule has 76 valence electrons. The van der Waals surface area contributed by atoms with Crippen molar-refractivity contribution in [2.75, 3.05) is 12.3 Å². The molecule has 5 heteroatoms. The van der Waals surface area contributed by atoms with Gasteiger partial charge in [0.1, 0.15) is 6.54 Å². The van der Waals surface area contributed by atoms with E-state index in [2.05, 4.69) is 5.32 Å². The number of anilines is 1. The van der Waals surface area contributed by atoms with Crippen LogP contribution in [0.2, 0.25) is 0 Å². The van der Waals surface area contributed by atoms with Gasteiger partial charge < -0.3 is 15.6 Å². The molecule has 0 aliphatic carbocycles. The Kier molecular flexibility index (Phi) is 3.28.